The van der Waals surface area contributed by atoms with Crippen LogP contribution in [0.25, 0.3) is 0 Å². The molecular weight excluding hydrogens is 320 g/mol. The van der Waals surface area contributed by atoms with Crippen LogP contribution in [0.2, 0.25) is 6.04 Å². The molecule has 0 saturated heterocycles. The minimum absolute atomic E-state index is 0.322. The van der Waals surface area contributed by atoms with Crippen molar-refractivity contribution >= 4 is 26.1 Å². The van der Waals surface area contributed by atoms with Gasteiger partial charge in [0.2, 0.25) is 0 Å². The number of thiocarbonyl (C=S) groups is 1. The average molecular weight is 345 g/mol. The van der Waals surface area contributed by atoms with Crippen LogP contribution in [0.5, 0.6) is 5.75 Å². The smallest absolute Gasteiger partial charge is 0.473 e. The lowest BCUT2D eigenvalue weighted by atomic mass is 10.3. The Morgan fingerprint density at radius 2 is 1.68 bits per heavy atom. The molecule has 2 N–H and O–H groups in total. The Morgan fingerprint density at radius 1 is 1.05 bits per heavy atom. The van der Waals surface area contributed by atoms with Gasteiger partial charge < -0.3 is 28.6 Å². The van der Waals surface area contributed by atoms with Crippen molar-refractivity contribution in [3.8, 4) is 5.75 Å². The number of benzene rings is 1. The molecule has 0 radical (unpaired) electrons. The second-order valence-corrected chi connectivity index (χ2v) is 7.93. The second-order valence-electron chi connectivity index (χ2n) is 4.43. The Hall–Kier alpha value is -1.19. The summed E-state index contributed by atoms with van der Waals surface area (Å²) in [5.74, 6) is 0.800. The maximum absolute atomic E-state index is 5.50. The molecule has 0 amide bonds. The maximum atomic E-state index is 5.50. The summed E-state index contributed by atoms with van der Waals surface area (Å²) in [7, 11) is 2.35. The first kappa shape index (κ1) is 18.9. The molecule has 0 spiro atoms. The van der Waals surface area contributed by atoms with Crippen LogP contribution in [-0.2, 0) is 13.3 Å². The Kier molecular flexibility index (Phi) is 9.02. The van der Waals surface area contributed by atoms with E-state index in [9.17, 15) is 0 Å². The van der Waals surface area contributed by atoms with Gasteiger partial charge in [0.1, 0.15) is 5.75 Å². The van der Waals surface area contributed by atoms with E-state index in [4.69, 9.17) is 30.2 Å². The molecule has 0 saturated carbocycles. The van der Waals surface area contributed by atoms with E-state index in [-0.39, 0.29) is 0 Å². The van der Waals surface area contributed by atoms with E-state index in [0.717, 1.165) is 18.2 Å². The number of para-hydroxylation sites is 1. The molecule has 0 fully saturated rings. The molecule has 0 bridgehead atoms. The molecule has 6 nitrogen and oxygen atoms in total. The molecule has 0 aromatic heterocycles. The van der Waals surface area contributed by atoms with Gasteiger partial charge >= 0.3 is 8.80 Å². The quantitative estimate of drug-likeness (QED) is 0.290. The summed E-state index contributed by atoms with van der Waals surface area (Å²) in [4.78, 5) is 0. The zero-order valence-corrected chi connectivity index (χ0v) is 15.1. The minimum Gasteiger partial charge on any atom is -0.473 e. The van der Waals surface area contributed by atoms with E-state index in [1.165, 1.54) is 0 Å². The van der Waals surface area contributed by atoms with Gasteiger partial charge in [0.25, 0.3) is 0 Å². The van der Waals surface area contributed by atoms with E-state index in [1.807, 2.05) is 30.3 Å². The molecule has 0 aliphatic rings. The van der Waals surface area contributed by atoms with Crippen molar-refractivity contribution in [2.75, 3.05) is 34.6 Å². The van der Waals surface area contributed by atoms with Gasteiger partial charge in [-0.05, 0) is 30.8 Å². The first-order valence-corrected chi connectivity index (χ1v) is 9.35. The fourth-order valence-corrected chi connectivity index (χ4v) is 3.71. The van der Waals surface area contributed by atoms with E-state index >= 15 is 0 Å². The Labute approximate surface area is 138 Å². The van der Waals surface area contributed by atoms with Crippen LogP contribution in [-0.4, -0.2) is 48.5 Å². The third-order valence-electron chi connectivity index (χ3n) is 3.09. The number of ether oxygens (including phenoxy) is 1. The zero-order chi connectivity index (χ0) is 16.3. The van der Waals surface area contributed by atoms with Gasteiger partial charge in [0, 0.05) is 33.9 Å². The molecule has 22 heavy (non-hydrogen) atoms. The van der Waals surface area contributed by atoms with Crippen molar-refractivity contribution in [1.29, 1.82) is 0 Å². The number of hydrogen-bond acceptors (Lipinski definition) is 5. The summed E-state index contributed by atoms with van der Waals surface area (Å²) in [5, 5.41) is 6.65. The van der Waals surface area contributed by atoms with E-state index in [0.29, 0.717) is 18.4 Å². The molecular formula is C14H24N2O4SSi. The molecule has 124 valence electrons. The van der Waals surface area contributed by atoms with Crippen molar-refractivity contribution in [2.45, 2.75) is 12.5 Å². The summed E-state index contributed by atoms with van der Waals surface area (Å²) >= 11 is 5.18. The number of nitrogens with one attached hydrogen (secondary N) is 2. The van der Waals surface area contributed by atoms with Gasteiger partial charge in [0.15, 0.2) is 11.8 Å². The molecule has 1 aromatic carbocycles. The van der Waals surface area contributed by atoms with Gasteiger partial charge in [0.05, 0.1) is 0 Å². The van der Waals surface area contributed by atoms with Crippen molar-refractivity contribution in [3.63, 3.8) is 0 Å². The normalized spacial score (nSPS) is 11.0. The van der Waals surface area contributed by atoms with Crippen LogP contribution < -0.4 is 15.4 Å². The van der Waals surface area contributed by atoms with E-state index in [1.54, 1.807) is 21.3 Å². The van der Waals surface area contributed by atoms with Gasteiger partial charge in [-0.15, -0.1) is 0 Å². The lowest BCUT2D eigenvalue weighted by Gasteiger charge is -2.24. The van der Waals surface area contributed by atoms with Crippen molar-refractivity contribution < 1.29 is 18.0 Å². The SMILES string of the molecule is CO[Si](CCCNC(=S)NCOc1ccccc1)(OC)OC. The summed E-state index contributed by atoms with van der Waals surface area (Å²) in [6.45, 7) is 1.03. The van der Waals surface area contributed by atoms with Crippen molar-refractivity contribution in [3.05, 3.63) is 30.3 Å². The van der Waals surface area contributed by atoms with Crippen LogP contribution in [0.1, 0.15) is 6.42 Å². The average Bonchev–Trinajstić information content (AvgIpc) is 2.57. The molecule has 0 atom stereocenters. The molecule has 0 heterocycles. The minimum atomic E-state index is -2.49. The Morgan fingerprint density at radius 3 is 2.27 bits per heavy atom. The summed E-state index contributed by atoms with van der Waals surface area (Å²) in [6, 6.07) is 10.3. The molecule has 8 heteroatoms. The van der Waals surface area contributed by atoms with Crippen LogP contribution in [0, 0.1) is 0 Å². The molecule has 0 unspecified atom stereocenters. The van der Waals surface area contributed by atoms with Crippen molar-refractivity contribution in [1.82, 2.24) is 10.6 Å². The highest BCUT2D eigenvalue weighted by Gasteiger charge is 2.36. The summed E-state index contributed by atoms with van der Waals surface area (Å²) in [6.07, 6.45) is 0.836. The Balaban J connectivity index is 2.13. The lowest BCUT2D eigenvalue weighted by Crippen LogP contribution is -2.44. The topological polar surface area (TPSA) is 61.0 Å². The molecule has 1 rings (SSSR count). The van der Waals surface area contributed by atoms with Gasteiger partial charge in [-0.25, -0.2) is 0 Å². The highest BCUT2D eigenvalue weighted by atomic mass is 32.1. The monoisotopic (exact) mass is 344 g/mol. The Bertz CT molecular complexity index is 424. The van der Waals surface area contributed by atoms with Crippen LogP contribution >= 0.6 is 12.2 Å². The zero-order valence-electron chi connectivity index (χ0n) is 13.3. The summed E-state index contributed by atoms with van der Waals surface area (Å²) < 4.78 is 21.6. The van der Waals surface area contributed by atoms with Gasteiger partial charge in [-0.3, -0.25) is 0 Å². The van der Waals surface area contributed by atoms with Crippen LogP contribution in [0.4, 0.5) is 0 Å². The predicted octanol–water partition coefficient (Wildman–Crippen LogP) is 1.76. The van der Waals surface area contributed by atoms with Crippen LogP contribution in [0.15, 0.2) is 30.3 Å². The fraction of sp³-hybridized carbons (Fsp3) is 0.500. The molecule has 0 aliphatic heterocycles. The number of hydrogen-bond donors (Lipinski definition) is 2. The highest BCUT2D eigenvalue weighted by molar-refractivity contribution is 7.80. The fourth-order valence-electron chi connectivity index (χ4n) is 1.83. The highest BCUT2D eigenvalue weighted by Crippen LogP contribution is 2.14. The predicted molar refractivity (Wildman–Crippen MR) is 91.9 cm³/mol. The van der Waals surface area contributed by atoms with Crippen LogP contribution in [0.3, 0.4) is 0 Å². The van der Waals surface area contributed by atoms with Gasteiger partial charge in [-0.1, -0.05) is 18.2 Å². The van der Waals surface area contributed by atoms with Crippen molar-refractivity contribution in [2.24, 2.45) is 0 Å². The molecule has 0 aliphatic carbocycles. The van der Waals surface area contributed by atoms with Gasteiger partial charge in [-0.2, -0.15) is 0 Å². The third kappa shape index (κ3) is 6.71. The van der Waals surface area contributed by atoms with E-state index < -0.39 is 8.80 Å². The molecule has 1 aromatic rings. The largest absolute Gasteiger partial charge is 0.500 e. The third-order valence-corrected chi connectivity index (χ3v) is 6.21. The van der Waals surface area contributed by atoms with E-state index in [2.05, 4.69) is 10.6 Å². The second kappa shape index (κ2) is 10.5. The number of rotatable bonds is 10. The summed E-state index contributed by atoms with van der Waals surface area (Å²) in [5.41, 5.74) is 0. The maximum Gasteiger partial charge on any atom is 0.500 e. The first-order valence-electron chi connectivity index (χ1n) is 7.01. The lowest BCUT2D eigenvalue weighted by molar-refractivity contribution is 0.123. The first-order chi connectivity index (χ1) is 10.7. The standard InChI is InChI=1S/C14H24N2O4SSi/c1-17-22(18-2,19-3)11-7-10-15-14(21)16-12-20-13-8-5-4-6-9-13/h4-6,8-9H,7,10-12H2,1-3H3,(H2,15,16,21).